The lowest BCUT2D eigenvalue weighted by Crippen LogP contribution is -2.29. The molecule has 2 aromatic heterocycles. The maximum Gasteiger partial charge on any atom is 0.259 e. The lowest BCUT2D eigenvalue weighted by Gasteiger charge is -2.16. The molecule has 6 heteroatoms. The van der Waals surface area contributed by atoms with Crippen molar-refractivity contribution in [1.29, 1.82) is 0 Å². The zero-order valence-electron chi connectivity index (χ0n) is 11.6. The van der Waals surface area contributed by atoms with Gasteiger partial charge in [-0.15, -0.1) is 0 Å². The summed E-state index contributed by atoms with van der Waals surface area (Å²) in [7, 11) is 1.67. The van der Waals surface area contributed by atoms with Crippen LogP contribution < -0.4 is 0 Å². The first-order valence-corrected chi connectivity index (χ1v) is 6.75. The third kappa shape index (κ3) is 2.16. The Balaban J connectivity index is 2.11. The van der Waals surface area contributed by atoms with Crippen LogP contribution in [-0.4, -0.2) is 46.3 Å². The van der Waals surface area contributed by atoms with E-state index < -0.39 is 0 Å². The topological polar surface area (TPSA) is 79.5 Å². The van der Waals surface area contributed by atoms with E-state index in [1.54, 1.807) is 14.0 Å². The number of aromatic nitrogens is 2. The summed E-state index contributed by atoms with van der Waals surface area (Å²) in [5.74, 6) is 0.291. The van der Waals surface area contributed by atoms with Crippen LogP contribution in [0.5, 0.6) is 0 Å². The Kier molecular flexibility index (Phi) is 3.17. The lowest BCUT2D eigenvalue weighted by molar-refractivity contribution is 0.0768. The Morgan fingerprint density at radius 3 is 2.95 bits per heavy atom. The summed E-state index contributed by atoms with van der Waals surface area (Å²) in [6, 6.07) is 1.85. The fourth-order valence-electron chi connectivity index (χ4n) is 2.33. The minimum absolute atomic E-state index is 0.0609. The third-order valence-corrected chi connectivity index (χ3v) is 3.65. The lowest BCUT2D eigenvalue weighted by atomic mass is 10.1. The average molecular weight is 275 g/mol. The maximum absolute atomic E-state index is 12.5. The highest BCUT2D eigenvalue weighted by Crippen LogP contribution is 2.40. The van der Waals surface area contributed by atoms with E-state index in [1.165, 1.54) is 4.90 Å². The summed E-state index contributed by atoms with van der Waals surface area (Å²) in [4.78, 5) is 18.5. The Hall–Kier alpha value is -1.95. The maximum atomic E-state index is 12.5. The molecule has 6 nitrogen and oxygen atoms in total. The second-order valence-electron chi connectivity index (χ2n) is 5.27. The molecule has 3 rings (SSSR count). The van der Waals surface area contributed by atoms with Crippen molar-refractivity contribution in [2.75, 3.05) is 20.2 Å². The van der Waals surface area contributed by atoms with Crippen molar-refractivity contribution in [2.45, 2.75) is 25.7 Å². The monoisotopic (exact) mass is 275 g/mol. The minimum atomic E-state index is -0.139. The van der Waals surface area contributed by atoms with Gasteiger partial charge in [0.05, 0.1) is 23.3 Å². The van der Waals surface area contributed by atoms with E-state index in [0.717, 1.165) is 18.5 Å². The second kappa shape index (κ2) is 4.86. The number of nitrogens with zero attached hydrogens (tertiary/aromatic N) is 3. The molecule has 0 unspecified atom stereocenters. The fraction of sp³-hybridized carbons (Fsp3) is 0.500. The largest absolute Gasteiger partial charge is 0.395 e. The predicted molar refractivity (Wildman–Crippen MR) is 72.6 cm³/mol. The molecular formula is C14H17N3O3. The van der Waals surface area contributed by atoms with Gasteiger partial charge in [-0.2, -0.15) is 0 Å². The van der Waals surface area contributed by atoms with Gasteiger partial charge in [0, 0.05) is 25.2 Å². The summed E-state index contributed by atoms with van der Waals surface area (Å²) in [5.41, 5.74) is 2.55. The summed E-state index contributed by atoms with van der Waals surface area (Å²) in [6.07, 6.45) is 2.21. The Morgan fingerprint density at radius 1 is 1.55 bits per heavy atom. The first-order valence-electron chi connectivity index (χ1n) is 6.75. The normalized spacial score (nSPS) is 14.8. The molecule has 106 valence electrons. The fourth-order valence-corrected chi connectivity index (χ4v) is 2.33. The molecule has 1 aliphatic rings. The van der Waals surface area contributed by atoms with Crippen LogP contribution in [0.4, 0.5) is 0 Å². The minimum Gasteiger partial charge on any atom is -0.395 e. The van der Waals surface area contributed by atoms with Gasteiger partial charge in [-0.05, 0) is 25.8 Å². The van der Waals surface area contributed by atoms with Gasteiger partial charge in [0.2, 0.25) is 0 Å². The molecule has 20 heavy (non-hydrogen) atoms. The summed E-state index contributed by atoms with van der Waals surface area (Å²) < 4.78 is 5.22. The van der Waals surface area contributed by atoms with Gasteiger partial charge in [0.15, 0.2) is 0 Å². The van der Waals surface area contributed by atoms with E-state index >= 15 is 0 Å². The van der Waals surface area contributed by atoms with Gasteiger partial charge in [-0.1, -0.05) is 5.16 Å². The highest BCUT2D eigenvalue weighted by atomic mass is 16.5. The predicted octanol–water partition coefficient (Wildman–Crippen LogP) is 1.47. The van der Waals surface area contributed by atoms with Crippen molar-refractivity contribution in [3.05, 3.63) is 23.0 Å². The van der Waals surface area contributed by atoms with E-state index in [9.17, 15) is 4.79 Å². The molecule has 1 amide bonds. The van der Waals surface area contributed by atoms with Gasteiger partial charge in [0.25, 0.3) is 11.6 Å². The van der Waals surface area contributed by atoms with Crippen LogP contribution in [0, 0.1) is 6.92 Å². The van der Waals surface area contributed by atoms with Crippen molar-refractivity contribution in [3.63, 3.8) is 0 Å². The van der Waals surface area contributed by atoms with Crippen LogP contribution >= 0.6 is 0 Å². The molecule has 1 saturated carbocycles. The number of aryl methyl sites for hydroxylation is 1. The SMILES string of the molecule is Cc1noc2nc(C3CC3)cc(C(=O)N(C)CCO)c12. The molecule has 0 aliphatic heterocycles. The number of carbonyl (C=O) groups is 1. The molecule has 0 saturated heterocycles. The summed E-state index contributed by atoms with van der Waals surface area (Å²) >= 11 is 0. The van der Waals surface area contributed by atoms with Gasteiger partial charge in [0.1, 0.15) is 0 Å². The Morgan fingerprint density at radius 2 is 2.30 bits per heavy atom. The Labute approximate surface area is 116 Å². The standard InChI is InChI=1S/C14H17N3O3/c1-8-12-10(14(19)17(2)5-6-18)7-11(9-3-4-9)15-13(12)20-16-8/h7,9,18H,3-6H2,1-2H3. The van der Waals surface area contributed by atoms with Gasteiger partial charge in [-0.25, -0.2) is 4.98 Å². The molecule has 0 bridgehead atoms. The zero-order chi connectivity index (χ0) is 14.3. The zero-order valence-corrected chi connectivity index (χ0v) is 11.6. The van der Waals surface area contributed by atoms with E-state index in [-0.39, 0.29) is 12.5 Å². The molecule has 2 aromatic rings. The highest BCUT2D eigenvalue weighted by Gasteiger charge is 2.29. The van der Waals surface area contributed by atoms with Crippen molar-refractivity contribution in [3.8, 4) is 0 Å². The van der Waals surface area contributed by atoms with Gasteiger partial charge in [-0.3, -0.25) is 4.79 Å². The van der Waals surface area contributed by atoms with Crippen LogP contribution in [0.3, 0.4) is 0 Å². The number of aliphatic hydroxyl groups is 1. The second-order valence-corrected chi connectivity index (χ2v) is 5.27. The molecule has 0 spiro atoms. The van der Waals surface area contributed by atoms with Gasteiger partial charge >= 0.3 is 0 Å². The van der Waals surface area contributed by atoms with Crippen molar-refractivity contribution in [1.82, 2.24) is 15.0 Å². The first-order chi connectivity index (χ1) is 9.61. The number of fused-ring (bicyclic) bond motifs is 1. The molecule has 1 fully saturated rings. The van der Waals surface area contributed by atoms with Crippen LogP contribution in [0.15, 0.2) is 10.6 Å². The molecule has 1 aliphatic carbocycles. The average Bonchev–Trinajstić information content (AvgIpc) is 3.22. The number of hydrogen-bond donors (Lipinski definition) is 1. The first kappa shape index (κ1) is 13.1. The highest BCUT2D eigenvalue weighted by molar-refractivity contribution is 6.06. The molecule has 0 atom stereocenters. The summed E-state index contributed by atoms with van der Waals surface area (Å²) in [5, 5.41) is 13.6. The third-order valence-electron chi connectivity index (χ3n) is 3.65. The number of pyridine rings is 1. The van der Waals surface area contributed by atoms with Crippen LogP contribution in [0.1, 0.15) is 40.5 Å². The van der Waals surface area contributed by atoms with Crippen molar-refractivity contribution in [2.24, 2.45) is 0 Å². The number of hydrogen-bond acceptors (Lipinski definition) is 5. The number of rotatable bonds is 4. The van der Waals surface area contributed by atoms with Crippen molar-refractivity contribution < 1.29 is 14.4 Å². The Bertz CT molecular complexity index is 661. The summed E-state index contributed by atoms with van der Waals surface area (Å²) in [6.45, 7) is 2.04. The number of carbonyl (C=O) groups excluding carboxylic acids is 1. The molecule has 0 aromatic carbocycles. The molecule has 1 N–H and O–H groups in total. The number of likely N-dealkylation sites (N-methyl/N-ethyl adjacent to an activating group) is 1. The van der Waals surface area contributed by atoms with Crippen LogP contribution in [-0.2, 0) is 0 Å². The van der Waals surface area contributed by atoms with E-state index in [0.29, 0.717) is 34.8 Å². The smallest absolute Gasteiger partial charge is 0.259 e. The van der Waals surface area contributed by atoms with Gasteiger partial charge < -0.3 is 14.5 Å². The van der Waals surface area contributed by atoms with Crippen LogP contribution in [0.25, 0.3) is 11.1 Å². The van der Waals surface area contributed by atoms with E-state index in [4.69, 9.17) is 9.63 Å². The number of amides is 1. The quantitative estimate of drug-likeness (QED) is 0.914. The van der Waals surface area contributed by atoms with Crippen molar-refractivity contribution >= 4 is 17.0 Å². The van der Waals surface area contributed by atoms with Crippen LogP contribution in [0.2, 0.25) is 0 Å². The molecule has 2 heterocycles. The van der Waals surface area contributed by atoms with E-state index in [2.05, 4.69) is 10.1 Å². The molecule has 0 radical (unpaired) electrons. The van der Waals surface area contributed by atoms with E-state index in [1.807, 2.05) is 6.07 Å². The molecular weight excluding hydrogens is 258 g/mol. The number of aliphatic hydroxyl groups excluding tert-OH is 1.